The van der Waals surface area contributed by atoms with Gasteiger partial charge < -0.3 is 5.32 Å². The molecular formula is C19H26Cl3NO. The van der Waals surface area contributed by atoms with E-state index >= 15 is 0 Å². The van der Waals surface area contributed by atoms with Crippen molar-refractivity contribution in [2.75, 3.05) is 0 Å². The summed E-state index contributed by atoms with van der Waals surface area (Å²) in [5, 5.41) is 4.06. The minimum atomic E-state index is -0.218. The molecule has 1 amide bonds. The van der Waals surface area contributed by atoms with Gasteiger partial charge in [0.25, 0.3) is 5.91 Å². The zero-order chi connectivity index (χ0) is 17.4. The maximum atomic E-state index is 12.6. The molecule has 134 valence electrons. The highest BCUT2D eigenvalue weighted by Gasteiger charge is 2.20. The number of hydrogen-bond acceptors (Lipinski definition) is 1. The highest BCUT2D eigenvalue weighted by atomic mass is 35.5. The van der Waals surface area contributed by atoms with Gasteiger partial charge in [0.05, 0.1) is 20.6 Å². The van der Waals surface area contributed by atoms with Crippen LogP contribution in [-0.4, -0.2) is 11.9 Å². The lowest BCUT2D eigenvalue weighted by Gasteiger charge is -2.20. The van der Waals surface area contributed by atoms with E-state index in [0.29, 0.717) is 10.0 Å². The van der Waals surface area contributed by atoms with Crippen molar-refractivity contribution >= 4 is 40.7 Å². The van der Waals surface area contributed by atoms with Crippen LogP contribution < -0.4 is 5.32 Å². The molecule has 0 unspecified atom stereocenters. The van der Waals surface area contributed by atoms with E-state index in [4.69, 9.17) is 34.8 Å². The first kappa shape index (κ1) is 19.9. The minimum absolute atomic E-state index is 0.183. The van der Waals surface area contributed by atoms with E-state index in [9.17, 15) is 4.79 Å². The molecule has 1 fully saturated rings. The maximum Gasteiger partial charge on any atom is 0.254 e. The number of nitrogens with one attached hydrogen (secondary N) is 1. The molecule has 0 radical (unpaired) electrons. The second kappa shape index (κ2) is 10.5. The van der Waals surface area contributed by atoms with Gasteiger partial charge in [-0.05, 0) is 25.0 Å². The largest absolute Gasteiger partial charge is 0.349 e. The third-order valence-electron chi connectivity index (χ3n) is 4.71. The van der Waals surface area contributed by atoms with Gasteiger partial charge in [-0.25, -0.2) is 0 Å². The second-order valence-electron chi connectivity index (χ2n) is 6.65. The topological polar surface area (TPSA) is 29.1 Å². The molecule has 2 rings (SSSR count). The third-order valence-corrected chi connectivity index (χ3v) is 5.83. The molecule has 0 spiro atoms. The van der Waals surface area contributed by atoms with Crippen LogP contribution in [0.2, 0.25) is 15.1 Å². The molecule has 1 saturated carbocycles. The van der Waals surface area contributed by atoms with Crippen molar-refractivity contribution < 1.29 is 4.79 Å². The fraction of sp³-hybridized carbons (Fsp3) is 0.632. The van der Waals surface area contributed by atoms with Gasteiger partial charge in [-0.15, -0.1) is 0 Å². The molecule has 5 heteroatoms. The average Bonchev–Trinajstić information content (AvgIpc) is 2.54. The Morgan fingerprint density at radius 2 is 1.25 bits per heavy atom. The minimum Gasteiger partial charge on any atom is -0.349 e. The zero-order valence-corrected chi connectivity index (χ0v) is 16.3. The van der Waals surface area contributed by atoms with Gasteiger partial charge in [-0.2, -0.15) is 0 Å². The summed E-state index contributed by atoms with van der Waals surface area (Å²) in [5.74, 6) is -0.218. The Hall–Kier alpha value is -0.440. The van der Waals surface area contributed by atoms with E-state index < -0.39 is 0 Å². The molecule has 0 saturated heterocycles. The normalized spacial score (nSPS) is 18.5. The lowest BCUT2D eigenvalue weighted by atomic mass is 9.97. The van der Waals surface area contributed by atoms with Crippen LogP contribution in [0.3, 0.4) is 0 Å². The molecule has 24 heavy (non-hydrogen) atoms. The first-order chi connectivity index (χ1) is 11.6. The van der Waals surface area contributed by atoms with E-state index in [0.717, 1.165) is 25.7 Å². The van der Waals surface area contributed by atoms with E-state index in [2.05, 4.69) is 5.32 Å². The molecule has 0 aromatic heterocycles. The smallest absolute Gasteiger partial charge is 0.254 e. The summed E-state index contributed by atoms with van der Waals surface area (Å²) in [7, 11) is 0. The Labute approximate surface area is 160 Å². The standard InChI is InChI=1S/C19H26Cl3NO/c20-15-12-13-16(21)18(22)17(15)19(24)23-14-10-8-6-4-2-1-3-5-7-9-11-14/h12-14H,1-11H2,(H,23,24). The lowest BCUT2D eigenvalue weighted by Crippen LogP contribution is -2.35. The summed E-state index contributed by atoms with van der Waals surface area (Å²) in [4.78, 5) is 12.6. The molecule has 0 atom stereocenters. The van der Waals surface area contributed by atoms with Gasteiger partial charge in [-0.3, -0.25) is 4.79 Å². The molecule has 1 aromatic rings. The number of benzene rings is 1. The fourth-order valence-electron chi connectivity index (χ4n) is 3.30. The Morgan fingerprint density at radius 3 is 1.79 bits per heavy atom. The van der Waals surface area contributed by atoms with Gasteiger partial charge >= 0.3 is 0 Å². The summed E-state index contributed by atoms with van der Waals surface area (Å²) in [6.45, 7) is 0. The molecule has 1 N–H and O–H groups in total. The van der Waals surface area contributed by atoms with Crippen molar-refractivity contribution in [3.05, 3.63) is 32.8 Å². The number of carbonyl (C=O) groups excluding carboxylic acids is 1. The zero-order valence-electron chi connectivity index (χ0n) is 14.1. The number of rotatable bonds is 2. The highest BCUT2D eigenvalue weighted by Crippen LogP contribution is 2.31. The monoisotopic (exact) mass is 389 g/mol. The van der Waals surface area contributed by atoms with Gasteiger partial charge in [0.15, 0.2) is 0 Å². The summed E-state index contributed by atoms with van der Waals surface area (Å²) < 4.78 is 0. The molecule has 1 aromatic carbocycles. The number of amides is 1. The van der Waals surface area contributed by atoms with E-state index in [1.165, 1.54) is 44.9 Å². The molecule has 0 bridgehead atoms. The summed E-state index contributed by atoms with van der Waals surface area (Å²) >= 11 is 18.4. The number of halogens is 3. The highest BCUT2D eigenvalue weighted by molar-refractivity contribution is 6.46. The predicted octanol–water partition coefficient (Wildman–Crippen LogP) is 7.05. The van der Waals surface area contributed by atoms with Crippen molar-refractivity contribution in [1.29, 1.82) is 0 Å². The van der Waals surface area contributed by atoms with Gasteiger partial charge in [0.1, 0.15) is 0 Å². The van der Waals surface area contributed by atoms with Gasteiger partial charge in [0, 0.05) is 6.04 Å². The first-order valence-corrected chi connectivity index (χ1v) is 10.2. The van der Waals surface area contributed by atoms with Crippen LogP contribution in [0.15, 0.2) is 12.1 Å². The van der Waals surface area contributed by atoms with Gasteiger partial charge in [-0.1, -0.05) is 92.6 Å². The SMILES string of the molecule is O=C(NC1CCCCCCCCCCC1)c1c(Cl)ccc(Cl)c1Cl. The average molecular weight is 391 g/mol. The second-order valence-corrected chi connectivity index (χ2v) is 7.84. The Kier molecular flexibility index (Phi) is 8.72. The Bertz CT molecular complexity index is 536. The lowest BCUT2D eigenvalue weighted by molar-refractivity contribution is 0.0931. The molecule has 1 aliphatic carbocycles. The van der Waals surface area contributed by atoms with Crippen LogP contribution in [0.1, 0.15) is 81.0 Å². The van der Waals surface area contributed by atoms with Crippen LogP contribution in [0.5, 0.6) is 0 Å². The van der Waals surface area contributed by atoms with Gasteiger partial charge in [0.2, 0.25) is 0 Å². The van der Waals surface area contributed by atoms with Crippen LogP contribution in [0, 0.1) is 0 Å². The van der Waals surface area contributed by atoms with E-state index in [-0.39, 0.29) is 22.5 Å². The molecule has 1 aliphatic rings. The Balaban J connectivity index is 2.00. The van der Waals surface area contributed by atoms with E-state index in [1.807, 2.05) is 0 Å². The molecule has 0 aliphatic heterocycles. The summed E-state index contributed by atoms with van der Waals surface area (Å²) in [5.41, 5.74) is 0.289. The van der Waals surface area contributed by atoms with Crippen LogP contribution in [-0.2, 0) is 0 Å². The van der Waals surface area contributed by atoms with E-state index in [1.54, 1.807) is 12.1 Å². The maximum absolute atomic E-state index is 12.6. The number of hydrogen-bond donors (Lipinski definition) is 1. The Morgan fingerprint density at radius 1 is 0.792 bits per heavy atom. The fourth-order valence-corrected chi connectivity index (χ4v) is 4.00. The van der Waals surface area contributed by atoms with Crippen molar-refractivity contribution in [3.63, 3.8) is 0 Å². The molecule has 0 heterocycles. The summed E-state index contributed by atoms with van der Waals surface area (Å²) in [6, 6.07) is 3.41. The predicted molar refractivity (Wildman–Crippen MR) is 104 cm³/mol. The van der Waals surface area contributed by atoms with Crippen molar-refractivity contribution in [2.45, 2.75) is 76.7 Å². The molecule has 2 nitrogen and oxygen atoms in total. The van der Waals surface area contributed by atoms with Crippen LogP contribution >= 0.6 is 34.8 Å². The van der Waals surface area contributed by atoms with Crippen LogP contribution in [0.25, 0.3) is 0 Å². The van der Waals surface area contributed by atoms with Crippen molar-refractivity contribution in [2.24, 2.45) is 0 Å². The summed E-state index contributed by atoms with van der Waals surface area (Å²) in [6.07, 6.45) is 13.5. The third kappa shape index (κ3) is 6.13. The first-order valence-electron chi connectivity index (χ1n) is 9.04. The van der Waals surface area contributed by atoms with Crippen molar-refractivity contribution in [1.82, 2.24) is 5.32 Å². The van der Waals surface area contributed by atoms with Crippen LogP contribution in [0.4, 0.5) is 0 Å². The number of carbonyl (C=O) groups is 1. The quantitative estimate of drug-likeness (QED) is 0.538. The van der Waals surface area contributed by atoms with Crippen molar-refractivity contribution in [3.8, 4) is 0 Å². The molecular weight excluding hydrogens is 365 g/mol.